The zero-order chi connectivity index (χ0) is 23.1. The highest BCUT2D eigenvalue weighted by molar-refractivity contribution is 7.89. The van der Waals surface area contributed by atoms with Gasteiger partial charge in [0.25, 0.3) is 5.91 Å². The molecule has 0 N–H and O–H groups in total. The number of piperidine rings is 1. The fourth-order valence-electron chi connectivity index (χ4n) is 4.04. The number of benzene rings is 2. The number of halogens is 1. The molecule has 0 spiro atoms. The van der Waals surface area contributed by atoms with E-state index >= 15 is 0 Å². The van der Waals surface area contributed by atoms with Crippen molar-refractivity contribution in [3.8, 4) is 5.75 Å². The molecule has 2 aromatic carbocycles. The first-order valence-electron chi connectivity index (χ1n) is 11.1. The Morgan fingerprint density at radius 1 is 1.09 bits per heavy atom. The monoisotopic (exact) mass is 478 g/mol. The van der Waals surface area contributed by atoms with Crippen LogP contribution < -0.4 is 4.74 Å². The maximum absolute atomic E-state index is 12.6. The lowest BCUT2D eigenvalue weighted by Gasteiger charge is -2.32. The molecule has 1 aliphatic heterocycles. The van der Waals surface area contributed by atoms with Crippen LogP contribution in [0.2, 0.25) is 5.02 Å². The molecular formula is C24H31ClN2O4S. The van der Waals surface area contributed by atoms with Crippen LogP contribution in [0.3, 0.4) is 0 Å². The lowest BCUT2D eigenvalue weighted by Crippen LogP contribution is -2.41. The van der Waals surface area contributed by atoms with Crippen molar-refractivity contribution in [2.45, 2.75) is 38.0 Å². The van der Waals surface area contributed by atoms with Crippen LogP contribution in [0, 0.1) is 5.92 Å². The van der Waals surface area contributed by atoms with Crippen LogP contribution in [-0.4, -0.2) is 56.3 Å². The minimum atomic E-state index is -3.60. The average Bonchev–Trinajstić information content (AvgIpc) is 2.80. The van der Waals surface area contributed by atoms with Gasteiger partial charge in [0.05, 0.1) is 9.92 Å². The molecule has 3 rings (SSSR count). The van der Waals surface area contributed by atoms with Crippen molar-refractivity contribution >= 4 is 27.5 Å². The molecule has 1 saturated heterocycles. The summed E-state index contributed by atoms with van der Waals surface area (Å²) in [6, 6.07) is 14.8. The SMILES string of the molecule is CCN(CC)S(=O)(=O)c1ccc(OCC(=O)N2CCC(Cc3ccccc3)CC2)c(Cl)c1. The Morgan fingerprint density at radius 3 is 2.34 bits per heavy atom. The number of amides is 1. The first kappa shape index (κ1) is 24.6. The number of carbonyl (C=O) groups is 1. The predicted octanol–water partition coefficient (Wildman–Crippen LogP) is 4.23. The minimum Gasteiger partial charge on any atom is -0.482 e. The second-order valence-corrected chi connectivity index (χ2v) is 10.3. The smallest absolute Gasteiger partial charge is 0.260 e. The van der Waals surface area contributed by atoms with E-state index in [-0.39, 0.29) is 22.4 Å². The summed E-state index contributed by atoms with van der Waals surface area (Å²) in [5.74, 6) is 0.800. The number of ether oxygens (including phenoxy) is 1. The van der Waals surface area contributed by atoms with Crippen molar-refractivity contribution in [3.05, 3.63) is 59.1 Å². The molecule has 0 radical (unpaired) electrons. The summed E-state index contributed by atoms with van der Waals surface area (Å²) in [7, 11) is -3.60. The topological polar surface area (TPSA) is 66.9 Å². The molecule has 0 aliphatic carbocycles. The molecule has 0 atom stereocenters. The summed E-state index contributed by atoms with van der Waals surface area (Å²) in [5.41, 5.74) is 1.33. The lowest BCUT2D eigenvalue weighted by atomic mass is 9.90. The van der Waals surface area contributed by atoms with Gasteiger partial charge >= 0.3 is 0 Å². The van der Waals surface area contributed by atoms with E-state index in [4.69, 9.17) is 16.3 Å². The van der Waals surface area contributed by atoms with Crippen LogP contribution in [0.5, 0.6) is 5.75 Å². The van der Waals surface area contributed by atoms with Crippen LogP contribution in [-0.2, 0) is 21.2 Å². The van der Waals surface area contributed by atoms with Crippen LogP contribution >= 0.6 is 11.6 Å². The fraction of sp³-hybridized carbons (Fsp3) is 0.458. The third-order valence-corrected chi connectivity index (χ3v) is 8.27. The van der Waals surface area contributed by atoms with Gasteiger partial charge in [-0.2, -0.15) is 4.31 Å². The second kappa shape index (κ2) is 11.2. The van der Waals surface area contributed by atoms with E-state index in [9.17, 15) is 13.2 Å². The van der Waals surface area contributed by atoms with Crippen LogP contribution in [0.15, 0.2) is 53.4 Å². The molecule has 8 heteroatoms. The van der Waals surface area contributed by atoms with Crippen molar-refractivity contribution in [1.29, 1.82) is 0 Å². The van der Waals surface area contributed by atoms with Crippen LogP contribution in [0.4, 0.5) is 0 Å². The molecule has 1 aliphatic rings. The maximum atomic E-state index is 12.6. The fourth-order valence-corrected chi connectivity index (χ4v) is 5.82. The predicted molar refractivity (Wildman–Crippen MR) is 127 cm³/mol. The summed E-state index contributed by atoms with van der Waals surface area (Å²) in [5, 5.41) is 0.174. The molecule has 174 valence electrons. The molecule has 0 bridgehead atoms. The number of rotatable bonds is 9. The highest BCUT2D eigenvalue weighted by Crippen LogP contribution is 2.29. The quantitative estimate of drug-likeness (QED) is 0.541. The molecule has 6 nitrogen and oxygen atoms in total. The summed E-state index contributed by atoms with van der Waals surface area (Å²) < 4.78 is 32.3. The molecule has 32 heavy (non-hydrogen) atoms. The van der Waals surface area contributed by atoms with Gasteiger partial charge in [-0.05, 0) is 48.9 Å². The Balaban J connectivity index is 1.52. The van der Waals surface area contributed by atoms with E-state index in [1.54, 1.807) is 13.8 Å². The van der Waals surface area contributed by atoms with E-state index < -0.39 is 10.0 Å². The Bertz CT molecular complexity index is 1000. The molecule has 1 fully saturated rings. The number of hydrogen-bond donors (Lipinski definition) is 0. The largest absolute Gasteiger partial charge is 0.482 e. The Labute approximate surface area is 196 Å². The number of nitrogens with zero attached hydrogens (tertiary/aromatic N) is 2. The molecule has 1 heterocycles. The highest BCUT2D eigenvalue weighted by Gasteiger charge is 2.25. The van der Waals surface area contributed by atoms with Crippen molar-refractivity contribution in [2.75, 3.05) is 32.8 Å². The Hall–Kier alpha value is -2.09. The third-order valence-electron chi connectivity index (χ3n) is 5.93. The number of sulfonamides is 1. The highest BCUT2D eigenvalue weighted by atomic mass is 35.5. The van der Waals surface area contributed by atoms with Gasteiger partial charge in [0.1, 0.15) is 5.75 Å². The van der Waals surface area contributed by atoms with Crippen molar-refractivity contribution in [3.63, 3.8) is 0 Å². The van der Waals surface area contributed by atoms with E-state index in [0.717, 1.165) is 19.3 Å². The standard InChI is InChI=1S/C24H31ClN2O4S/c1-3-27(4-2)32(29,30)21-10-11-23(22(25)17-21)31-18-24(28)26-14-12-20(13-15-26)16-19-8-6-5-7-9-19/h5-11,17,20H,3-4,12-16,18H2,1-2H3. The van der Waals surface area contributed by atoms with Crippen LogP contribution in [0.25, 0.3) is 0 Å². The normalized spacial score (nSPS) is 15.2. The minimum absolute atomic E-state index is 0.0842. The van der Waals surface area contributed by atoms with E-state index in [2.05, 4.69) is 24.3 Å². The summed E-state index contributed by atoms with van der Waals surface area (Å²) >= 11 is 6.26. The molecule has 0 saturated carbocycles. The molecular weight excluding hydrogens is 448 g/mol. The Kier molecular flexibility index (Phi) is 8.57. The van der Waals surface area contributed by atoms with Crippen molar-refractivity contribution in [1.82, 2.24) is 9.21 Å². The van der Waals surface area contributed by atoms with Crippen molar-refractivity contribution < 1.29 is 17.9 Å². The summed E-state index contributed by atoms with van der Waals surface area (Å²) in [6.07, 6.45) is 2.98. The number of likely N-dealkylation sites (tertiary alicyclic amines) is 1. The number of carbonyl (C=O) groups excluding carboxylic acids is 1. The molecule has 1 amide bonds. The van der Waals surface area contributed by atoms with E-state index in [1.807, 2.05) is 11.0 Å². The van der Waals surface area contributed by atoms with Crippen molar-refractivity contribution in [2.24, 2.45) is 5.92 Å². The van der Waals surface area contributed by atoms with E-state index in [0.29, 0.717) is 37.8 Å². The zero-order valence-corrected chi connectivity index (χ0v) is 20.2. The summed E-state index contributed by atoms with van der Waals surface area (Å²) in [6.45, 7) is 5.65. The first-order valence-corrected chi connectivity index (χ1v) is 12.9. The van der Waals surface area contributed by atoms with Gasteiger partial charge in [-0.25, -0.2) is 8.42 Å². The van der Waals surface area contributed by atoms with Gasteiger partial charge in [0, 0.05) is 26.2 Å². The first-order chi connectivity index (χ1) is 15.3. The van der Waals surface area contributed by atoms with Gasteiger partial charge in [0.2, 0.25) is 10.0 Å². The average molecular weight is 479 g/mol. The van der Waals surface area contributed by atoms with E-state index in [1.165, 1.54) is 28.1 Å². The number of hydrogen-bond acceptors (Lipinski definition) is 4. The van der Waals surface area contributed by atoms with Gasteiger partial charge in [-0.1, -0.05) is 55.8 Å². The van der Waals surface area contributed by atoms with Gasteiger partial charge < -0.3 is 9.64 Å². The second-order valence-electron chi connectivity index (χ2n) is 7.98. The van der Waals surface area contributed by atoms with Gasteiger partial charge in [-0.15, -0.1) is 0 Å². The van der Waals surface area contributed by atoms with Gasteiger partial charge in [-0.3, -0.25) is 4.79 Å². The summed E-state index contributed by atoms with van der Waals surface area (Å²) in [4.78, 5) is 14.5. The van der Waals surface area contributed by atoms with Gasteiger partial charge in [0.15, 0.2) is 6.61 Å². The molecule has 0 unspecified atom stereocenters. The lowest BCUT2D eigenvalue weighted by molar-refractivity contribution is -0.134. The third kappa shape index (κ3) is 6.03. The maximum Gasteiger partial charge on any atom is 0.260 e. The van der Waals surface area contributed by atoms with Crippen LogP contribution in [0.1, 0.15) is 32.3 Å². The Morgan fingerprint density at radius 2 is 1.75 bits per heavy atom. The molecule has 0 aromatic heterocycles. The zero-order valence-electron chi connectivity index (χ0n) is 18.7. The molecule has 2 aromatic rings.